The minimum Gasteiger partial charge on any atom is -0.444 e. The number of rotatable bonds is 3. The molecule has 9 nitrogen and oxygen atoms in total. The van der Waals surface area contributed by atoms with Crippen molar-refractivity contribution in [3.05, 3.63) is 60.8 Å². The molecule has 2 saturated heterocycles. The van der Waals surface area contributed by atoms with Crippen LogP contribution in [-0.2, 0) is 4.74 Å². The number of likely N-dealkylation sites (tertiary alicyclic amines) is 1. The number of carbonyl (C=O) groups is 1. The molecule has 5 heterocycles. The quantitative estimate of drug-likeness (QED) is 0.425. The van der Waals surface area contributed by atoms with Gasteiger partial charge in [0.25, 0.3) is 0 Å². The number of imidazole rings is 1. The summed E-state index contributed by atoms with van der Waals surface area (Å²) in [5, 5.41) is 2.30. The number of aromatic nitrogens is 4. The highest BCUT2D eigenvalue weighted by molar-refractivity contribution is 5.83. The fraction of sp³-hybridized carbons (Fsp3) is 0.379. The second-order valence-corrected chi connectivity index (χ2v) is 11.4. The highest BCUT2D eigenvalue weighted by Crippen LogP contribution is 2.41. The lowest BCUT2D eigenvalue weighted by molar-refractivity contribution is 0.0276. The van der Waals surface area contributed by atoms with Crippen molar-refractivity contribution in [2.24, 2.45) is 5.41 Å². The molecule has 1 spiro atoms. The SMILES string of the molecule is CC(C)(C)OC(=O)N1CC[C@@]2(CCN(n3c(-c4cccnc4N)nc4ccc(-c5ccccc5)nc43)C2)C1. The van der Waals surface area contributed by atoms with Gasteiger partial charge in [0.05, 0.1) is 11.3 Å². The van der Waals surface area contributed by atoms with E-state index in [0.717, 1.165) is 59.7 Å². The summed E-state index contributed by atoms with van der Waals surface area (Å²) in [7, 11) is 0. The van der Waals surface area contributed by atoms with Crippen LogP contribution in [0.25, 0.3) is 33.8 Å². The third-order valence-electron chi connectivity index (χ3n) is 7.42. The summed E-state index contributed by atoms with van der Waals surface area (Å²) >= 11 is 0. The number of nitrogens with zero attached hydrogens (tertiary/aromatic N) is 6. The Morgan fingerprint density at radius 1 is 0.974 bits per heavy atom. The van der Waals surface area contributed by atoms with Gasteiger partial charge in [-0.15, -0.1) is 0 Å². The Bertz CT molecular complexity index is 1490. The van der Waals surface area contributed by atoms with E-state index in [2.05, 4.69) is 26.8 Å². The Balaban J connectivity index is 1.38. The minimum absolute atomic E-state index is 0.0116. The van der Waals surface area contributed by atoms with Crippen LogP contribution in [0.15, 0.2) is 60.8 Å². The molecule has 1 amide bonds. The number of nitrogen functional groups attached to an aromatic ring is 1. The van der Waals surface area contributed by atoms with E-state index in [9.17, 15) is 4.79 Å². The summed E-state index contributed by atoms with van der Waals surface area (Å²) in [5.74, 6) is 1.15. The molecule has 4 aromatic rings. The molecule has 0 radical (unpaired) electrons. The molecule has 3 aromatic heterocycles. The van der Waals surface area contributed by atoms with E-state index in [-0.39, 0.29) is 11.5 Å². The van der Waals surface area contributed by atoms with Crippen LogP contribution in [0.4, 0.5) is 10.6 Å². The lowest BCUT2D eigenvalue weighted by Gasteiger charge is -2.28. The van der Waals surface area contributed by atoms with Crippen molar-refractivity contribution in [1.29, 1.82) is 0 Å². The van der Waals surface area contributed by atoms with E-state index in [1.54, 1.807) is 6.20 Å². The number of hydrogen-bond donors (Lipinski definition) is 1. The number of hydrogen-bond acceptors (Lipinski definition) is 7. The number of benzene rings is 1. The van der Waals surface area contributed by atoms with Crippen LogP contribution in [0.1, 0.15) is 33.6 Å². The minimum atomic E-state index is -0.509. The van der Waals surface area contributed by atoms with Crippen LogP contribution >= 0.6 is 0 Å². The predicted octanol–water partition coefficient (Wildman–Crippen LogP) is 4.71. The molecule has 38 heavy (non-hydrogen) atoms. The van der Waals surface area contributed by atoms with Crippen molar-refractivity contribution < 1.29 is 9.53 Å². The van der Waals surface area contributed by atoms with E-state index < -0.39 is 5.60 Å². The Labute approximate surface area is 222 Å². The molecule has 6 rings (SSSR count). The number of carbonyl (C=O) groups excluding carboxylic acids is 1. The van der Waals surface area contributed by atoms with Gasteiger partial charge in [-0.3, -0.25) is 0 Å². The largest absolute Gasteiger partial charge is 0.444 e. The monoisotopic (exact) mass is 511 g/mol. The normalized spacial score (nSPS) is 19.6. The molecular weight excluding hydrogens is 478 g/mol. The van der Waals surface area contributed by atoms with Crippen LogP contribution in [0.2, 0.25) is 0 Å². The van der Waals surface area contributed by atoms with Crippen molar-refractivity contribution >= 4 is 23.1 Å². The molecule has 2 fully saturated rings. The standard InChI is InChI=1S/C29H33N7O2/c1-28(2,3)38-27(37)34-16-13-29(18-34)14-17-35(19-29)36-25(21-10-7-15-31-24(21)30)33-23-12-11-22(32-26(23)36)20-8-5-4-6-9-20/h4-12,15H,13-14,16-19H2,1-3H3,(H2,30,31)/t29-/m1/s1. The third kappa shape index (κ3) is 4.42. The highest BCUT2D eigenvalue weighted by atomic mass is 16.6. The first-order valence-corrected chi connectivity index (χ1v) is 13.1. The lowest BCUT2D eigenvalue weighted by Crippen LogP contribution is -2.39. The number of anilines is 1. The summed E-state index contributed by atoms with van der Waals surface area (Å²) < 4.78 is 7.76. The van der Waals surface area contributed by atoms with Crippen LogP contribution in [0, 0.1) is 5.41 Å². The Morgan fingerprint density at radius 2 is 1.76 bits per heavy atom. The first-order chi connectivity index (χ1) is 18.2. The maximum atomic E-state index is 12.8. The van der Waals surface area contributed by atoms with Crippen molar-refractivity contribution in [2.75, 3.05) is 36.9 Å². The Morgan fingerprint density at radius 3 is 2.53 bits per heavy atom. The molecule has 1 aromatic carbocycles. The lowest BCUT2D eigenvalue weighted by atomic mass is 9.86. The average Bonchev–Trinajstić information content (AvgIpc) is 3.60. The van der Waals surface area contributed by atoms with Gasteiger partial charge < -0.3 is 20.4 Å². The van der Waals surface area contributed by atoms with Crippen molar-refractivity contribution in [1.82, 2.24) is 24.5 Å². The molecule has 0 unspecified atom stereocenters. The number of amides is 1. The van der Waals surface area contributed by atoms with Crippen molar-refractivity contribution in [3.8, 4) is 22.6 Å². The number of nitrogens with two attached hydrogens (primary N) is 1. The zero-order chi connectivity index (χ0) is 26.5. The average molecular weight is 512 g/mol. The summed E-state index contributed by atoms with van der Waals surface area (Å²) in [4.78, 5) is 29.0. The van der Waals surface area contributed by atoms with Crippen LogP contribution < -0.4 is 10.7 Å². The highest BCUT2D eigenvalue weighted by Gasteiger charge is 2.46. The van der Waals surface area contributed by atoms with Gasteiger partial charge in [0.2, 0.25) is 0 Å². The van der Waals surface area contributed by atoms with Crippen LogP contribution in [0.5, 0.6) is 0 Å². The Kier molecular flexibility index (Phi) is 5.74. The number of ether oxygens (including phenoxy) is 1. The molecule has 9 heteroatoms. The van der Waals surface area contributed by atoms with Gasteiger partial charge in [0.1, 0.15) is 16.9 Å². The van der Waals surface area contributed by atoms with Gasteiger partial charge in [-0.05, 0) is 57.9 Å². The maximum absolute atomic E-state index is 12.8. The third-order valence-corrected chi connectivity index (χ3v) is 7.42. The molecule has 2 aliphatic rings. The number of fused-ring (bicyclic) bond motifs is 1. The summed E-state index contributed by atoms with van der Waals surface area (Å²) in [6.07, 6.45) is 3.35. The smallest absolute Gasteiger partial charge is 0.410 e. The molecule has 0 bridgehead atoms. The predicted molar refractivity (Wildman–Crippen MR) is 148 cm³/mol. The van der Waals surface area contributed by atoms with E-state index in [1.807, 2.05) is 68.1 Å². The Hall–Kier alpha value is -4.14. The van der Waals surface area contributed by atoms with E-state index >= 15 is 0 Å². The van der Waals surface area contributed by atoms with Gasteiger partial charge in [-0.25, -0.2) is 24.4 Å². The first-order valence-electron chi connectivity index (χ1n) is 13.1. The van der Waals surface area contributed by atoms with Crippen LogP contribution in [-0.4, -0.2) is 62.4 Å². The second-order valence-electron chi connectivity index (χ2n) is 11.4. The summed E-state index contributed by atoms with van der Waals surface area (Å²) in [6.45, 7) is 8.69. The van der Waals surface area contributed by atoms with E-state index in [4.69, 9.17) is 20.4 Å². The van der Waals surface area contributed by atoms with Gasteiger partial charge >= 0.3 is 6.09 Å². The van der Waals surface area contributed by atoms with Crippen molar-refractivity contribution in [3.63, 3.8) is 0 Å². The van der Waals surface area contributed by atoms with Gasteiger partial charge in [0.15, 0.2) is 11.5 Å². The van der Waals surface area contributed by atoms with Crippen molar-refractivity contribution in [2.45, 2.75) is 39.2 Å². The molecule has 1 atom stereocenters. The maximum Gasteiger partial charge on any atom is 0.410 e. The first kappa shape index (κ1) is 24.2. The second kappa shape index (κ2) is 9.01. The number of pyridine rings is 2. The van der Waals surface area contributed by atoms with Gasteiger partial charge in [-0.1, -0.05) is 30.3 Å². The molecule has 196 valence electrons. The molecule has 2 aliphatic heterocycles. The molecule has 0 saturated carbocycles. The fourth-order valence-electron chi connectivity index (χ4n) is 5.60. The molecule has 0 aliphatic carbocycles. The zero-order valence-electron chi connectivity index (χ0n) is 22.1. The molecule has 2 N–H and O–H groups in total. The van der Waals surface area contributed by atoms with Crippen LogP contribution in [0.3, 0.4) is 0 Å². The summed E-state index contributed by atoms with van der Waals surface area (Å²) in [5.41, 5.74) is 10.1. The zero-order valence-corrected chi connectivity index (χ0v) is 22.1. The topological polar surface area (TPSA) is 102 Å². The van der Waals surface area contributed by atoms with E-state index in [1.165, 1.54) is 0 Å². The van der Waals surface area contributed by atoms with Gasteiger partial charge in [-0.2, -0.15) is 0 Å². The fourth-order valence-corrected chi connectivity index (χ4v) is 5.60. The molecular formula is C29H33N7O2. The van der Waals surface area contributed by atoms with E-state index in [0.29, 0.717) is 18.9 Å². The van der Waals surface area contributed by atoms with Gasteiger partial charge in [0, 0.05) is 43.4 Å². The summed E-state index contributed by atoms with van der Waals surface area (Å²) in [6, 6.07) is 18.0.